The van der Waals surface area contributed by atoms with Crippen molar-refractivity contribution in [2.75, 3.05) is 5.32 Å². The number of urea groups is 1. The van der Waals surface area contributed by atoms with Gasteiger partial charge in [0.1, 0.15) is 0 Å². The van der Waals surface area contributed by atoms with E-state index in [1.54, 1.807) is 52.0 Å². The van der Waals surface area contributed by atoms with Crippen LogP contribution in [0.15, 0.2) is 24.3 Å². The van der Waals surface area contributed by atoms with Gasteiger partial charge in [-0.3, -0.25) is 0 Å². The van der Waals surface area contributed by atoms with Crippen molar-refractivity contribution < 1.29 is 9.90 Å². The molecule has 4 nitrogen and oxygen atoms in total. The van der Waals surface area contributed by atoms with Crippen LogP contribution >= 0.6 is 11.6 Å². The monoisotopic (exact) mass is 270 g/mol. The van der Waals surface area contributed by atoms with Crippen molar-refractivity contribution in [3.8, 4) is 0 Å². The molecular formula is C13H19ClN2O2. The normalized spacial score (nSPS) is 12.1. The molecule has 3 N–H and O–H groups in total. The second-order valence-electron chi connectivity index (χ2n) is 5.27. The lowest BCUT2D eigenvalue weighted by molar-refractivity contribution is 0.00185. The molecule has 0 spiro atoms. The topological polar surface area (TPSA) is 61.4 Å². The average molecular weight is 271 g/mol. The second kappa shape index (κ2) is 5.16. The summed E-state index contributed by atoms with van der Waals surface area (Å²) in [5, 5.41) is 15.9. The predicted molar refractivity (Wildman–Crippen MR) is 74.0 cm³/mol. The number of anilines is 1. The number of benzene rings is 1. The maximum Gasteiger partial charge on any atom is 0.319 e. The second-order valence-corrected chi connectivity index (χ2v) is 5.71. The highest BCUT2D eigenvalue weighted by Crippen LogP contribution is 2.21. The molecule has 0 heterocycles. The number of rotatable bonds is 3. The van der Waals surface area contributed by atoms with Crippen LogP contribution in [-0.4, -0.2) is 22.3 Å². The molecular weight excluding hydrogens is 252 g/mol. The van der Waals surface area contributed by atoms with E-state index in [2.05, 4.69) is 10.6 Å². The molecule has 0 unspecified atom stereocenters. The first-order chi connectivity index (χ1) is 8.12. The Labute approximate surface area is 112 Å². The molecule has 1 rings (SSSR count). The van der Waals surface area contributed by atoms with Crippen LogP contribution in [0, 0.1) is 0 Å². The van der Waals surface area contributed by atoms with Gasteiger partial charge in [0.15, 0.2) is 0 Å². The first-order valence-electron chi connectivity index (χ1n) is 5.69. The lowest BCUT2D eigenvalue weighted by Crippen LogP contribution is -2.58. The molecule has 0 atom stereocenters. The van der Waals surface area contributed by atoms with Crippen molar-refractivity contribution >= 4 is 23.3 Å². The van der Waals surface area contributed by atoms with Crippen molar-refractivity contribution in [1.29, 1.82) is 0 Å². The van der Waals surface area contributed by atoms with Crippen LogP contribution in [0.5, 0.6) is 0 Å². The number of hydrogen-bond donors (Lipinski definition) is 3. The summed E-state index contributed by atoms with van der Waals surface area (Å²) in [5.41, 5.74) is -1.13. The van der Waals surface area contributed by atoms with Crippen molar-refractivity contribution in [3.63, 3.8) is 0 Å². The summed E-state index contributed by atoms with van der Waals surface area (Å²) in [6.45, 7) is 6.81. The van der Waals surface area contributed by atoms with E-state index in [4.69, 9.17) is 11.6 Å². The quantitative estimate of drug-likeness (QED) is 0.791. The molecule has 0 aromatic heterocycles. The molecule has 1 aromatic rings. The summed E-state index contributed by atoms with van der Waals surface area (Å²) in [4.78, 5) is 11.8. The summed E-state index contributed by atoms with van der Waals surface area (Å²) < 4.78 is 0. The molecule has 18 heavy (non-hydrogen) atoms. The minimum absolute atomic E-state index is 0.371. The molecule has 0 fully saturated rings. The van der Waals surface area contributed by atoms with Crippen LogP contribution in [0.25, 0.3) is 0 Å². The summed E-state index contributed by atoms with van der Waals surface area (Å²) in [7, 11) is 0. The van der Waals surface area contributed by atoms with E-state index in [1.165, 1.54) is 0 Å². The summed E-state index contributed by atoms with van der Waals surface area (Å²) in [5.74, 6) is 0. The van der Waals surface area contributed by atoms with Gasteiger partial charge in [0, 0.05) is 10.7 Å². The van der Waals surface area contributed by atoms with Crippen LogP contribution in [0.4, 0.5) is 10.5 Å². The van der Waals surface area contributed by atoms with Gasteiger partial charge in [-0.15, -0.1) is 0 Å². The van der Waals surface area contributed by atoms with Gasteiger partial charge in [0.25, 0.3) is 0 Å². The molecule has 2 amide bonds. The maximum atomic E-state index is 11.8. The fourth-order valence-electron chi connectivity index (χ4n) is 1.13. The lowest BCUT2D eigenvalue weighted by Gasteiger charge is -2.37. The third-order valence-corrected chi connectivity index (χ3v) is 3.31. The molecule has 0 bridgehead atoms. The van der Waals surface area contributed by atoms with Crippen LogP contribution in [0.1, 0.15) is 27.7 Å². The van der Waals surface area contributed by atoms with Gasteiger partial charge in [-0.25, -0.2) is 4.79 Å². The highest BCUT2D eigenvalue weighted by molar-refractivity contribution is 6.30. The number of hydrogen-bond acceptors (Lipinski definition) is 2. The van der Waals surface area contributed by atoms with Gasteiger partial charge in [-0.1, -0.05) is 11.6 Å². The highest BCUT2D eigenvalue weighted by Gasteiger charge is 2.36. The van der Waals surface area contributed by atoms with Crippen molar-refractivity contribution in [2.24, 2.45) is 0 Å². The fourth-order valence-corrected chi connectivity index (χ4v) is 1.26. The third-order valence-electron chi connectivity index (χ3n) is 3.06. The molecule has 0 aliphatic rings. The molecule has 0 saturated heterocycles. The minimum Gasteiger partial charge on any atom is -0.388 e. The molecule has 5 heteroatoms. The van der Waals surface area contributed by atoms with E-state index in [0.29, 0.717) is 10.7 Å². The molecule has 1 aromatic carbocycles. The Hall–Kier alpha value is -1.26. The molecule has 0 aliphatic carbocycles. The van der Waals surface area contributed by atoms with E-state index in [-0.39, 0.29) is 6.03 Å². The summed E-state index contributed by atoms with van der Waals surface area (Å²) in [6.07, 6.45) is 0. The maximum absolute atomic E-state index is 11.8. The Kier molecular flexibility index (Phi) is 4.24. The van der Waals surface area contributed by atoms with Gasteiger partial charge in [-0.2, -0.15) is 0 Å². The van der Waals surface area contributed by atoms with Crippen molar-refractivity contribution in [3.05, 3.63) is 29.3 Å². The SMILES string of the molecule is CC(C)(O)C(C)(C)NC(=O)Nc1ccc(Cl)cc1. The zero-order valence-electron chi connectivity index (χ0n) is 11.0. The standard InChI is InChI=1S/C13H19ClN2O2/c1-12(2,13(3,4)18)16-11(17)15-10-7-5-9(14)6-8-10/h5-8,18H,1-4H3,(H2,15,16,17). The molecule has 0 saturated carbocycles. The van der Waals surface area contributed by atoms with Gasteiger partial charge in [0.2, 0.25) is 0 Å². The Morgan fingerprint density at radius 3 is 2.11 bits per heavy atom. The number of carbonyl (C=O) groups is 1. The number of carbonyl (C=O) groups excluding carboxylic acids is 1. The van der Waals surface area contributed by atoms with Gasteiger partial charge in [-0.05, 0) is 52.0 Å². The van der Waals surface area contributed by atoms with E-state index >= 15 is 0 Å². The van der Waals surface area contributed by atoms with Crippen molar-refractivity contribution in [2.45, 2.75) is 38.8 Å². The van der Waals surface area contributed by atoms with Gasteiger partial charge < -0.3 is 15.7 Å². The Morgan fingerprint density at radius 1 is 1.17 bits per heavy atom. The van der Waals surface area contributed by atoms with Crippen LogP contribution in [0.2, 0.25) is 5.02 Å². The van der Waals surface area contributed by atoms with E-state index < -0.39 is 11.1 Å². The Balaban J connectivity index is 2.65. The Bertz CT molecular complexity index is 422. The summed E-state index contributed by atoms with van der Waals surface area (Å²) in [6, 6.07) is 6.43. The number of amides is 2. The highest BCUT2D eigenvalue weighted by atomic mass is 35.5. The molecule has 0 aliphatic heterocycles. The lowest BCUT2D eigenvalue weighted by atomic mass is 9.86. The number of aliphatic hydroxyl groups is 1. The minimum atomic E-state index is -1.02. The van der Waals surface area contributed by atoms with Crippen molar-refractivity contribution in [1.82, 2.24) is 5.32 Å². The zero-order chi connectivity index (χ0) is 14.0. The first kappa shape index (κ1) is 14.8. The van der Waals surface area contributed by atoms with Gasteiger partial charge in [0.05, 0.1) is 11.1 Å². The smallest absolute Gasteiger partial charge is 0.319 e. The van der Waals surface area contributed by atoms with Crippen LogP contribution in [-0.2, 0) is 0 Å². The largest absolute Gasteiger partial charge is 0.388 e. The third kappa shape index (κ3) is 3.89. The fraction of sp³-hybridized carbons (Fsp3) is 0.462. The average Bonchev–Trinajstić information content (AvgIpc) is 2.19. The predicted octanol–water partition coefficient (Wildman–Crippen LogP) is 3.01. The summed E-state index contributed by atoms with van der Waals surface area (Å²) >= 11 is 5.75. The molecule has 100 valence electrons. The number of nitrogens with one attached hydrogen (secondary N) is 2. The number of halogens is 1. The van der Waals surface area contributed by atoms with E-state index in [1.807, 2.05) is 0 Å². The van der Waals surface area contributed by atoms with E-state index in [9.17, 15) is 9.90 Å². The first-order valence-corrected chi connectivity index (χ1v) is 6.07. The van der Waals surface area contributed by atoms with E-state index in [0.717, 1.165) is 0 Å². The van der Waals surface area contributed by atoms with Crippen LogP contribution in [0.3, 0.4) is 0 Å². The molecule has 0 radical (unpaired) electrons. The zero-order valence-corrected chi connectivity index (χ0v) is 11.8. The Morgan fingerprint density at radius 2 is 1.67 bits per heavy atom. The van der Waals surface area contributed by atoms with Crippen LogP contribution < -0.4 is 10.6 Å². The van der Waals surface area contributed by atoms with Gasteiger partial charge >= 0.3 is 6.03 Å².